The van der Waals surface area contributed by atoms with Gasteiger partial charge in [0.1, 0.15) is 17.2 Å². The molecule has 1 aromatic rings. The molecular weight excluding hydrogens is 273 g/mol. The summed E-state index contributed by atoms with van der Waals surface area (Å²) < 4.78 is 19.8. The Morgan fingerprint density at radius 2 is 2.12 bits per heavy atom. The minimum Gasteiger partial charge on any atom is -0.483 e. The van der Waals surface area contributed by atoms with Crippen LogP contribution in [0.1, 0.15) is 26.7 Å². The average molecular weight is 288 g/mol. The first-order valence-electron chi connectivity index (χ1n) is 5.52. The van der Waals surface area contributed by atoms with Gasteiger partial charge in [-0.3, -0.25) is 0 Å². The zero-order valence-corrected chi connectivity index (χ0v) is 11.0. The molecule has 4 heteroatoms. The van der Waals surface area contributed by atoms with Crippen LogP contribution < -0.4 is 10.1 Å². The first kappa shape index (κ1) is 11.7. The van der Waals surface area contributed by atoms with Crippen LogP contribution in [0.25, 0.3) is 0 Å². The van der Waals surface area contributed by atoms with Crippen LogP contribution in [0.15, 0.2) is 16.6 Å². The van der Waals surface area contributed by atoms with E-state index in [4.69, 9.17) is 4.74 Å². The van der Waals surface area contributed by atoms with Gasteiger partial charge in [-0.05, 0) is 34.8 Å². The van der Waals surface area contributed by atoms with Crippen molar-refractivity contribution in [3.8, 4) is 5.75 Å². The second-order valence-corrected chi connectivity index (χ2v) is 4.96. The van der Waals surface area contributed by atoms with Gasteiger partial charge in [-0.25, -0.2) is 4.39 Å². The van der Waals surface area contributed by atoms with Crippen molar-refractivity contribution in [3.63, 3.8) is 0 Å². The van der Waals surface area contributed by atoms with Gasteiger partial charge in [0.2, 0.25) is 0 Å². The maximum Gasteiger partial charge on any atom is 0.144 e. The number of nitrogens with one attached hydrogen (secondary N) is 1. The highest BCUT2D eigenvalue weighted by Gasteiger charge is 2.33. The van der Waals surface area contributed by atoms with Crippen LogP contribution in [-0.4, -0.2) is 12.1 Å². The SMILES string of the molecule is CCC1(CC)CNc2cc(F)c(Br)cc2O1. The normalized spacial score (nSPS) is 17.2. The summed E-state index contributed by atoms with van der Waals surface area (Å²) in [6.07, 6.45) is 1.87. The lowest BCUT2D eigenvalue weighted by Gasteiger charge is -2.38. The van der Waals surface area contributed by atoms with Crippen LogP contribution in [0.4, 0.5) is 10.1 Å². The van der Waals surface area contributed by atoms with Crippen LogP contribution in [0.3, 0.4) is 0 Å². The van der Waals surface area contributed by atoms with Crippen LogP contribution in [0.5, 0.6) is 5.75 Å². The third kappa shape index (κ3) is 1.90. The summed E-state index contributed by atoms with van der Waals surface area (Å²) in [4.78, 5) is 0. The maximum absolute atomic E-state index is 13.3. The molecule has 0 bridgehead atoms. The van der Waals surface area contributed by atoms with E-state index < -0.39 is 0 Å². The summed E-state index contributed by atoms with van der Waals surface area (Å²) in [7, 11) is 0. The van der Waals surface area contributed by atoms with Crippen molar-refractivity contribution in [1.29, 1.82) is 0 Å². The zero-order valence-electron chi connectivity index (χ0n) is 9.44. The third-order valence-electron chi connectivity index (χ3n) is 3.24. The molecule has 0 aromatic heterocycles. The van der Waals surface area contributed by atoms with Gasteiger partial charge in [-0.1, -0.05) is 13.8 Å². The van der Waals surface area contributed by atoms with E-state index in [1.54, 1.807) is 6.07 Å². The molecule has 1 heterocycles. The molecule has 0 atom stereocenters. The summed E-state index contributed by atoms with van der Waals surface area (Å²) in [5.74, 6) is 0.457. The zero-order chi connectivity index (χ0) is 11.8. The van der Waals surface area contributed by atoms with E-state index >= 15 is 0 Å². The first-order valence-corrected chi connectivity index (χ1v) is 6.31. The van der Waals surface area contributed by atoms with Crippen molar-refractivity contribution in [2.24, 2.45) is 0 Å². The number of anilines is 1. The highest BCUT2D eigenvalue weighted by atomic mass is 79.9. The third-order valence-corrected chi connectivity index (χ3v) is 3.85. The fourth-order valence-corrected chi connectivity index (χ4v) is 2.24. The molecule has 1 N–H and O–H groups in total. The molecule has 2 nitrogen and oxygen atoms in total. The van der Waals surface area contributed by atoms with E-state index in [9.17, 15) is 4.39 Å². The fourth-order valence-electron chi connectivity index (χ4n) is 1.92. The first-order chi connectivity index (χ1) is 7.60. The van der Waals surface area contributed by atoms with Gasteiger partial charge in [-0.15, -0.1) is 0 Å². The van der Waals surface area contributed by atoms with Gasteiger partial charge in [0.15, 0.2) is 0 Å². The molecule has 0 spiro atoms. The number of hydrogen-bond donors (Lipinski definition) is 1. The molecule has 1 aliphatic heterocycles. The Morgan fingerprint density at radius 3 is 2.75 bits per heavy atom. The lowest BCUT2D eigenvalue weighted by molar-refractivity contribution is 0.0668. The van der Waals surface area contributed by atoms with Crippen molar-refractivity contribution in [1.82, 2.24) is 0 Å². The van der Waals surface area contributed by atoms with Crippen LogP contribution in [0.2, 0.25) is 0 Å². The van der Waals surface area contributed by atoms with E-state index in [-0.39, 0.29) is 11.4 Å². The van der Waals surface area contributed by atoms with Gasteiger partial charge < -0.3 is 10.1 Å². The largest absolute Gasteiger partial charge is 0.483 e. The number of hydrogen-bond acceptors (Lipinski definition) is 2. The standard InChI is InChI=1S/C12H15BrFNO/c1-3-12(4-2)7-15-10-6-9(14)8(13)5-11(10)16-12/h5-6,15H,3-4,7H2,1-2H3. The van der Waals surface area contributed by atoms with Gasteiger partial charge in [-0.2, -0.15) is 0 Å². The summed E-state index contributed by atoms with van der Waals surface area (Å²) in [5.41, 5.74) is 0.572. The van der Waals surface area contributed by atoms with Gasteiger partial charge in [0.25, 0.3) is 0 Å². The van der Waals surface area contributed by atoms with E-state index in [1.807, 2.05) is 0 Å². The molecule has 1 aromatic carbocycles. The van der Waals surface area contributed by atoms with Gasteiger partial charge in [0, 0.05) is 6.07 Å². The minimum atomic E-state index is -0.268. The Morgan fingerprint density at radius 1 is 1.44 bits per heavy atom. The van der Waals surface area contributed by atoms with E-state index in [0.29, 0.717) is 4.47 Å². The molecule has 0 radical (unpaired) electrons. The molecule has 0 saturated carbocycles. The van der Waals surface area contributed by atoms with Crippen molar-refractivity contribution < 1.29 is 9.13 Å². The molecular formula is C12H15BrFNO. The Hall–Kier alpha value is -0.770. The maximum atomic E-state index is 13.3. The Balaban J connectivity index is 2.36. The molecule has 88 valence electrons. The van der Waals surface area contributed by atoms with Crippen LogP contribution >= 0.6 is 15.9 Å². The smallest absolute Gasteiger partial charge is 0.144 e. The highest BCUT2D eigenvalue weighted by Crippen LogP contribution is 2.38. The molecule has 0 fully saturated rings. The van der Waals surface area contributed by atoms with Gasteiger partial charge >= 0.3 is 0 Å². The second kappa shape index (κ2) is 4.24. The monoisotopic (exact) mass is 287 g/mol. The van der Waals surface area contributed by atoms with Crippen molar-refractivity contribution in [2.75, 3.05) is 11.9 Å². The quantitative estimate of drug-likeness (QED) is 0.889. The molecule has 0 unspecified atom stereocenters. The average Bonchev–Trinajstić information content (AvgIpc) is 2.30. The van der Waals surface area contributed by atoms with E-state index in [1.165, 1.54) is 6.07 Å². The summed E-state index contributed by atoms with van der Waals surface area (Å²) in [6, 6.07) is 3.16. The molecule has 0 amide bonds. The van der Waals surface area contributed by atoms with Crippen molar-refractivity contribution in [3.05, 3.63) is 22.4 Å². The Bertz CT molecular complexity index is 404. The summed E-state index contributed by atoms with van der Waals surface area (Å²) in [5, 5.41) is 3.24. The number of benzene rings is 1. The lowest BCUT2D eigenvalue weighted by atomic mass is 9.95. The number of rotatable bonds is 2. The molecule has 1 aliphatic rings. The summed E-state index contributed by atoms with van der Waals surface area (Å²) in [6.45, 7) is 4.94. The van der Waals surface area contributed by atoms with E-state index in [2.05, 4.69) is 35.1 Å². The summed E-state index contributed by atoms with van der Waals surface area (Å²) >= 11 is 3.17. The van der Waals surface area contributed by atoms with Gasteiger partial charge in [0.05, 0.1) is 16.7 Å². The molecule has 16 heavy (non-hydrogen) atoms. The predicted molar refractivity (Wildman–Crippen MR) is 66.5 cm³/mol. The Labute approximate surface area is 103 Å². The van der Waals surface area contributed by atoms with Crippen LogP contribution in [-0.2, 0) is 0 Å². The molecule has 0 saturated heterocycles. The minimum absolute atomic E-state index is 0.162. The Kier molecular flexibility index (Phi) is 3.10. The lowest BCUT2D eigenvalue weighted by Crippen LogP contribution is -2.44. The highest BCUT2D eigenvalue weighted by molar-refractivity contribution is 9.10. The predicted octanol–water partition coefficient (Wildman–Crippen LogP) is 3.95. The number of fused-ring (bicyclic) bond motifs is 1. The molecule has 0 aliphatic carbocycles. The van der Waals surface area contributed by atoms with Crippen molar-refractivity contribution >= 4 is 21.6 Å². The topological polar surface area (TPSA) is 21.3 Å². The number of ether oxygens (including phenoxy) is 1. The fraction of sp³-hybridized carbons (Fsp3) is 0.500. The van der Waals surface area contributed by atoms with Crippen molar-refractivity contribution in [2.45, 2.75) is 32.3 Å². The number of halogens is 2. The van der Waals surface area contributed by atoms with E-state index in [0.717, 1.165) is 30.8 Å². The van der Waals surface area contributed by atoms with Crippen LogP contribution in [0, 0.1) is 5.82 Å². The second-order valence-electron chi connectivity index (χ2n) is 4.11. The molecule has 2 rings (SSSR count).